The summed E-state index contributed by atoms with van der Waals surface area (Å²) in [6, 6.07) is 6.42. The normalized spacial score (nSPS) is 21.3. The predicted molar refractivity (Wildman–Crippen MR) is 113 cm³/mol. The van der Waals surface area contributed by atoms with Crippen molar-refractivity contribution in [2.24, 2.45) is 5.92 Å². The third-order valence-corrected chi connectivity index (χ3v) is 6.90. The van der Waals surface area contributed by atoms with E-state index in [-0.39, 0.29) is 17.8 Å². The van der Waals surface area contributed by atoms with Gasteiger partial charge < -0.3 is 0 Å². The van der Waals surface area contributed by atoms with Gasteiger partial charge in [-0.15, -0.1) is 0 Å². The highest BCUT2D eigenvalue weighted by atomic mass is 19.2. The van der Waals surface area contributed by atoms with E-state index in [1.54, 1.807) is 18.2 Å². The monoisotopic (exact) mass is 416 g/mol. The van der Waals surface area contributed by atoms with Crippen molar-refractivity contribution in [3.05, 3.63) is 69.8 Å². The van der Waals surface area contributed by atoms with E-state index in [1.165, 1.54) is 32.1 Å². The van der Waals surface area contributed by atoms with Gasteiger partial charge in [0, 0.05) is 5.56 Å². The molecule has 0 heterocycles. The van der Waals surface area contributed by atoms with E-state index >= 15 is 0 Å². The lowest BCUT2D eigenvalue weighted by molar-refractivity contribution is 0.304. The fraction of sp³-hybridized carbons (Fsp3) is 0.462. The number of hydrogen-bond acceptors (Lipinski definition) is 0. The van der Waals surface area contributed by atoms with Crippen LogP contribution in [0.15, 0.2) is 24.3 Å². The third-order valence-electron chi connectivity index (χ3n) is 6.90. The van der Waals surface area contributed by atoms with E-state index in [2.05, 4.69) is 6.92 Å². The van der Waals surface area contributed by atoms with Crippen molar-refractivity contribution in [3.8, 4) is 0 Å². The molecule has 0 atom stereocenters. The molecule has 4 heteroatoms. The zero-order valence-corrected chi connectivity index (χ0v) is 17.4. The van der Waals surface area contributed by atoms with Crippen LogP contribution in [0.4, 0.5) is 17.6 Å². The van der Waals surface area contributed by atoms with Gasteiger partial charge in [-0.2, -0.15) is 0 Å². The molecular formula is C26H28F4. The summed E-state index contributed by atoms with van der Waals surface area (Å²) in [5, 5.41) is 0. The molecule has 0 unspecified atom stereocenters. The van der Waals surface area contributed by atoms with Crippen LogP contribution >= 0.6 is 0 Å². The summed E-state index contributed by atoms with van der Waals surface area (Å²) < 4.78 is 56.1. The molecule has 0 spiro atoms. The molecule has 1 fully saturated rings. The standard InChI is InChI=1S/C26H28F4/c1-2-3-4-16-5-7-17(8-6-16)18-9-11-21(23(27)14-18)19-10-12-22-20(13-19)15-24(28)26(30)25(22)29/h9,11,13-17H,2-8,10,12H2,1H3. The molecule has 1 saturated carbocycles. The van der Waals surface area contributed by atoms with Crippen LogP contribution in [0.5, 0.6) is 0 Å². The molecule has 2 aliphatic rings. The van der Waals surface area contributed by atoms with Gasteiger partial charge in [0.1, 0.15) is 5.82 Å². The van der Waals surface area contributed by atoms with Crippen LogP contribution in [0.2, 0.25) is 0 Å². The zero-order valence-electron chi connectivity index (χ0n) is 17.4. The van der Waals surface area contributed by atoms with Crippen LogP contribution in [-0.2, 0) is 6.42 Å². The minimum absolute atomic E-state index is 0.162. The van der Waals surface area contributed by atoms with Crippen LogP contribution in [0.3, 0.4) is 0 Å². The molecule has 0 saturated heterocycles. The van der Waals surface area contributed by atoms with Gasteiger partial charge in [0.15, 0.2) is 17.5 Å². The van der Waals surface area contributed by atoms with Crippen molar-refractivity contribution in [2.75, 3.05) is 0 Å². The lowest BCUT2D eigenvalue weighted by Gasteiger charge is -2.29. The molecule has 0 N–H and O–H groups in total. The van der Waals surface area contributed by atoms with Crippen LogP contribution < -0.4 is 0 Å². The Bertz CT molecular complexity index is 952. The second-order valence-electron chi connectivity index (χ2n) is 8.82. The molecule has 0 bridgehead atoms. The summed E-state index contributed by atoms with van der Waals surface area (Å²) in [5.41, 5.74) is 2.66. The zero-order chi connectivity index (χ0) is 21.3. The molecule has 2 aliphatic carbocycles. The van der Waals surface area contributed by atoms with Crippen molar-refractivity contribution in [1.82, 2.24) is 0 Å². The third kappa shape index (κ3) is 4.19. The second kappa shape index (κ2) is 8.95. The highest BCUT2D eigenvalue weighted by molar-refractivity contribution is 5.84. The van der Waals surface area contributed by atoms with Crippen molar-refractivity contribution in [3.63, 3.8) is 0 Å². The largest absolute Gasteiger partial charge is 0.206 e. The summed E-state index contributed by atoms with van der Waals surface area (Å²) in [5.74, 6) is -2.87. The van der Waals surface area contributed by atoms with Gasteiger partial charge in [-0.3, -0.25) is 0 Å². The van der Waals surface area contributed by atoms with Gasteiger partial charge in [0.25, 0.3) is 0 Å². The number of rotatable bonds is 5. The fourth-order valence-corrected chi connectivity index (χ4v) is 5.09. The molecule has 0 aliphatic heterocycles. The maximum absolute atomic E-state index is 15.0. The number of allylic oxidation sites excluding steroid dienone is 1. The second-order valence-corrected chi connectivity index (χ2v) is 8.82. The highest BCUT2D eigenvalue weighted by Crippen LogP contribution is 2.39. The number of fused-ring (bicyclic) bond motifs is 1. The quantitative estimate of drug-likeness (QED) is 0.340. The molecule has 0 nitrogen and oxygen atoms in total. The topological polar surface area (TPSA) is 0 Å². The summed E-state index contributed by atoms with van der Waals surface area (Å²) in [6.07, 6.45) is 10.7. The van der Waals surface area contributed by atoms with E-state index in [9.17, 15) is 17.6 Å². The Balaban J connectivity index is 1.52. The number of benzene rings is 2. The maximum Gasteiger partial charge on any atom is 0.194 e. The Morgan fingerprint density at radius 3 is 2.33 bits per heavy atom. The smallest absolute Gasteiger partial charge is 0.194 e. The fourth-order valence-electron chi connectivity index (χ4n) is 5.09. The molecule has 0 radical (unpaired) electrons. The summed E-state index contributed by atoms with van der Waals surface area (Å²) in [7, 11) is 0. The Hall–Kier alpha value is -2.10. The van der Waals surface area contributed by atoms with Gasteiger partial charge >= 0.3 is 0 Å². The molecule has 30 heavy (non-hydrogen) atoms. The van der Waals surface area contributed by atoms with Crippen molar-refractivity contribution < 1.29 is 17.6 Å². The van der Waals surface area contributed by atoms with E-state index in [0.29, 0.717) is 29.0 Å². The maximum atomic E-state index is 15.0. The SMILES string of the molecule is CCCCC1CCC(c2ccc(C3=Cc4cc(F)c(F)c(F)c4CC3)c(F)c2)CC1. The molecule has 2 aromatic carbocycles. The molecule has 4 rings (SSSR count). The van der Waals surface area contributed by atoms with Crippen molar-refractivity contribution in [2.45, 2.75) is 70.6 Å². The van der Waals surface area contributed by atoms with Gasteiger partial charge in [-0.25, -0.2) is 17.6 Å². The minimum atomic E-state index is -1.44. The minimum Gasteiger partial charge on any atom is -0.206 e. The Morgan fingerprint density at radius 2 is 1.63 bits per heavy atom. The summed E-state index contributed by atoms with van der Waals surface area (Å²) in [4.78, 5) is 0. The predicted octanol–water partition coefficient (Wildman–Crippen LogP) is 8.19. The summed E-state index contributed by atoms with van der Waals surface area (Å²) in [6.45, 7) is 2.22. The average Bonchev–Trinajstić information content (AvgIpc) is 2.76. The Labute approximate surface area is 176 Å². The molecule has 2 aromatic rings. The van der Waals surface area contributed by atoms with Gasteiger partial charge in [0.2, 0.25) is 0 Å². The van der Waals surface area contributed by atoms with Crippen molar-refractivity contribution in [1.29, 1.82) is 0 Å². The lowest BCUT2D eigenvalue weighted by atomic mass is 9.76. The van der Waals surface area contributed by atoms with Gasteiger partial charge in [-0.1, -0.05) is 44.4 Å². The highest BCUT2D eigenvalue weighted by Gasteiger charge is 2.25. The van der Waals surface area contributed by atoms with Crippen LogP contribution in [0.25, 0.3) is 11.6 Å². The van der Waals surface area contributed by atoms with E-state index in [0.717, 1.165) is 30.4 Å². The number of halogens is 4. The van der Waals surface area contributed by atoms with E-state index in [1.807, 2.05) is 6.07 Å². The first-order chi connectivity index (χ1) is 14.5. The Kier molecular flexibility index (Phi) is 6.31. The molecule has 0 aromatic heterocycles. The lowest BCUT2D eigenvalue weighted by Crippen LogP contribution is -2.13. The van der Waals surface area contributed by atoms with Crippen LogP contribution in [-0.4, -0.2) is 0 Å². The Morgan fingerprint density at radius 1 is 0.867 bits per heavy atom. The number of hydrogen-bond donors (Lipinski definition) is 0. The first kappa shape index (κ1) is 21.1. The van der Waals surface area contributed by atoms with Gasteiger partial charge in [-0.05, 0) is 84.8 Å². The van der Waals surface area contributed by atoms with Crippen LogP contribution in [0, 0.1) is 29.2 Å². The number of unbranched alkanes of at least 4 members (excludes halogenated alkanes) is 1. The van der Waals surface area contributed by atoms with Crippen molar-refractivity contribution >= 4 is 11.6 Å². The average molecular weight is 417 g/mol. The van der Waals surface area contributed by atoms with Gasteiger partial charge in [0.05, 0.1) is 0 Å². The first-order valence-electron chi connectivity index (χ1n) is 11.1. The molecule has 0 amide bonds. The van der Waals surface area contributed by atoms with E-state index < -0.39 is 17.5 Å². The molecular weight excluding hydrogens is 388 g/mol. The first-order valence-corrected chi connectivity index (χ1v) is 11.1. The van der Waals surface area contributed by atoms with E-state index in [4.69, 9.17) is 0 Å². The van der Waals surface area contributed by atoms with Crippen LogP contribution in [0.1, 0.15) is 86.5 Å². The molecule has 160 valence electrons. The summed E-state index contributed by atoms with van der Waals surface area (Å²) >= 11 is 0.